The van der Waals surface area contributed by atoms with Crippen molar-refractivity contribution in [1.82, 2.24) is 0 Å². The van der Waals surface area contributed by atoms with Gasteiger partial charge in [-0.25, -0.2) is 0 Å². The first-order valence-corrected chi connectivity index (χ1v) is 9.94. The Labute approximate surface area is 170 Å². The van der Waals surface area contributed by atoms with Gasteiger partial charge in [0.15, 0.2) is 6.61 Å². The molecule has 0 aliphatic heterocycles. The van der Waals surface area contributed by atoms with Gasteiger partial charge >= 0.3 is 5.97 Å². The second-order valence-electron chi connectivity index (χ2n) is 7.43. The number of benzene rings is 2. The molecule has 2 aromatic carbocycles. The lowest BCUT2D eigenvalue weighted by Crippen LogP contribution is -2.23. The molecule has 0 bridgehead atoms. The van der Waals surface area contributed by atoms with E-state index < -0.39 is 5.91 Å². The number of ether oxygens (including phenoxy) is 1. The fraction of sp³-hybridized carbons (Fsp3) is 0.348. The third-order valence-electron chi connectivity index (χ3n) is 5.02. The fourth-order valence-electron chi connectivity index (χ4n) is 3.55. The highest BCUT2D eigenvalue weighted by Crippen LogP contribution is 2.27. The molecule has 0 atom stereocenters. The van der Waals surface area contributed by atoms with Gasteiger partial charge in [-0.1, -0.05) is 37.1 Å². The first-order valence-electron chi connectivity index (χ1n) is 9.94. The molecular formula is C23H26N2O4. The zero-order chi connectivity index (χ0) is 20.6. The number of carbonyl (C=O) groups excluding carboxylic acids is 3. The Hall–Kier alpha value is -3.15. The van der Waals surface area contributed by atoms with Crippen molar-refractivity contribution in [3.05, 3.63) is 59.7 Å². The molecule has 1 fully saturated rings. The van der Waals surface area contributed by atoms with E-state index in [1.807, 2.05) is 25.1 Å². The number of nitrogens with one attached hydrogen (secondary N) is 2. The van der Waals surface area contributed by atoms with Gasteiger partial charge in [0.25, 0.3) is 11.8 Å². The highest BCUT2D eigenvalue weighted by atomic mass is 16.5. The molecule has 0 heterocycles. The van der Waals surface area contributed by atoms with Crippen LogP contribution in [0.2, 0.25) is 0 Å². The van der Waals surface area contributed by atoms with Crippen LogP contribution in [0.1, 0.15) is 48.0 Å². The number of anilines is 2. The number of hydrogen-bond acceptors (Lipinski definition) is 4. The maximum absolute atomic E-state index is 12.6. The van der Waals surface area contributed by atoms with Gasteiger partial charge in [-0.05, 0) is 55.5 Å². The summed E-state index contributed by atoms with van der Waals surface area (Å²) in [7, 11) is 0. The minimum Gasteiger partial charge on any atom is -0.456 e. The molecule has 3 rings (SSSR count). The molecule has 0 radical (unpaired) electrons. The maximum Gasteiger partial charge on any atom is 0.306 e. The number of carbonyl (C=O) groups is 3. The van der Waals surface area contributed by atoms with Crippen molar-refractivity contribution in [2.45, 2.75) is 39.0 Å². The summed E-state index contributed by atoms with van der Waals surface area (Å²) in [5.41, 5.74) is 2.41. The molecular weight excluding hydrogens is 368 g/mol. The molecule has 0 saturated heterocycles. The number of hydrogen-bond donors (Lipinski definition) is 2. The second kappa shape index (κ2) is 9.87. The number of amides is 2. The topological polar surface area (TPSA) is 84.5 Å². The summed E-state index contributed by atoms with van der Waals surface area (Å²) in [4.78, 5) is 36.7. The van der Waals surface area contributed by atoms with Crippen LogP contribution in [0, 0.1) is 12.8 Å². The molecule has 1 saturated carbocycles. The Balaban J connectivity index is 1.55. The molecule has 0 aromatic heterocycles. The van der Waals surface area contributed by atoms with Gasteiger partial charge in [0.2, 0.25) is 0 Å². The predicted octanol–water partition coefficient (Wildman–Crippen LogP) is 4.31. The van der Waals surface area contributed by atoms with Crippen molar-refractivity contribution in [3.8, 4) is 0 Å². The standard InChI is InChI=1S/C23H26N2O4/c1-16-7-6-10-18(13-16)24-23(28)19-11-4-5-12-20(19)25-21(26)15-29-22(27)14-17-8-2-3-9-17/h4-7,10-13,17H,2-3,8-9,14-15H2,1H3,(H,24,28)(H,25,26). The Bertz CT molecular complexity index is 888. The third-order valence-corrected chi connectivity index (χ3v) is 5.02. The van der Waals surface area contributed by atoms with E-state index in [0.29, 0.717) is 29.3 Å². The number of para-hydroxylation sites is 1. The van der Waals surface area contributed by atoms with Gasteiger partial charge in [-0.2, -0.15) is 0 Å². The van der Waals surface area contributed by atoms with Crippen LogP contribution in [0.15, 0.2) is 48.5 Å². The summed E-state index contributed by atoms with van der Waals surface area (Å²) in [5, 5.41) is 5.49. The third kappa shape index (κ3) is 6.17. The SMILES string of the molecule is Cc1cccc(NC(=O)c2ccccc2NC(=O)COC(=O)CC2CCCC2)c1. The van der Waals surface area contributed by atoms with E-state index in [9.17, 15) is 14.4 Å². The highest BCUT2D eigenvalue weighted by Gasteiger charge is 2.20. The molecule has 6 nitrogen and oxygen atoms in total. The van der Waals surface area contributed by atoms with Gasteiger partial charge in [-0.3, -0.25) is 14.4 Å². The molecule has 2 N–H and O–H groups in total. The average Bonchev–Trinajstić information content (AvgIpc) is 3.20. The molecule has 0 unspecified atom stereocenters. The number of aryl methyl sites for hydroxylation is 1. The van der Waals surface area contributed by atoms with Gasteiger partial charge in [0, 0.05) is 12.1 Å². The maximum atomic E-state index is 12.6. The van der Waals surface area contributed by atoms with E-state index in [1.54, 1.807) is 30.3 Å². The molecule has 6 heteroatoms. The lowest BCUT2D eigenvalue weighted by molar-refractivity contribution is -0.148. The quantitative estimate of drug-likeness (QED) is 0.686. The van der Waals surface area contributed by atoms with Gasteiger partial charge < -0.3 is 15.4 Å². The van der Waals surface area contributed by atoms with Crippen molar-refractivity contribution in [2.24, 2.45) is 5.92 Å². The van der Waals surface area contributed by atoms with Crippen molar-refractivity contribution in [2.75, 3.05) is 17.2 Å². The molecule has 2 amide bonds. The van der Waals surface area contributed by atoms with Crippen LogP contribution < -0.4 is 10.6 Å². The fourth-order valence-corrected chi connectivity index (χ4v) is 3.55. The highest BCUT2D eigenvalue weighted by molar-refractivity contribution is 6.10. The van der Waals surface area contributed by atoms with Gasteiger partial charge in [-0.15, -0.1) is 0 Å². The second-order valence-corrected chi connectivity index (χ2v) is 7.43. The normalized spacial score (nSPS) is 13.7. The Morgan fingerprint density at radius 1 is 1.00 bits per heavy atom. The van der Waals surface area contributed by atoms with E-state index in [-0.39, 0.29) is 18.5 Å². The first-order chi connectivity index (χ1) is 14.0. The zero-order valence-electron chi connectivity index (χ0n) is 16.6. The monoisotopic (exact) mass is 394 g/mol. The van der Waals surface area contributed by atoms with E-state index in [2.05, 4.69) is 10.6 Å². The van der Waals surface area contributed by atoms with Crippen LogP contribution in [0.25, 0.3) is 0 Å². The smallest absolute Gasteiger partial charge is 0.306 e. The first kappa shape index (κ1) is 20.6. The summed E-state index contributed by atoms with van der Waals surface area (Å²) in [6, 6.07) is 14.2. The molecule has 0 spiro atoms. The van der Waals surface area contributed by atoms with Crippen molar-refractivity contribution in [3.63, 3.8) is 0 Å². The van der Waals surface area contributed by atoms with Crippen LogP contribution in [0.3, 0.4) is 0 Å². The Morgan fingerprint density at radius 3 is 2.52 bits per heavy atom. The van der Waals surface area contributed by atoms with Crippen LogP contribution in [0.4, 0.5) is 11.4 Å². The number of rotatable bonds is 7. The minimum atomic E-state index is -0.472. The predicted molar refractivity (Wildman–Crippen MR) is 112 cm³/mol. The molecule has 2 aromatic rings. The van der Waals surface area contributed by atoms with Crippen LogP contribution in [-0.2, 0) is 14.3 Å². The number of esters is 1. The Morgan fingerprint density at radius 2 is 1.76 bits per heavy atom. The van der Waals surface area contributed by atoms with Crippen molar-refractivity contribution < 1.29 is 19.1 Å². The summed E-state index contributed by atoms with van der Waals surface area (Å²) in [6.45, 7) is 1.58. The summed E-state index contributed by atoms with van der Waals surface area (Å²) in [5.74, 6) is -0.778. The van der Waals surface area contributed by atoms with Crippen molar-refractivity contribution >= 4 is 29.2 Å². The average molecular weight is 394 g/mol. The molecule has 1 aliphatic rings. The largest absolute Gasteiger partial charge is 0.456 e. The Kier molecular flexibility index (Phi) is 7.00. The van der Waals surface area contributed by atoms with Crippen LogP contribution in [0.5, 0.6) is 0 Å². The molecule has 152 valence electrons. The summed E-state index contributed by atoms with van der Waals surface area (Å²) < 4.78 is 5.10. The van der Waals surface area contributed by atoms with E-state index in [1.165, 1.54) is 0 Å². The minimum absolute atomic E-state index is 0.329. The van der Waals surface area contributed by atoms with E-state index in [0.717, 1.165) is 31.2 Å². The lowest BCUT2D eigenvalue weighted by Gasteiger charge is -2.12. The lowest BCUT2D eigenvalue weighted by atomic mass is 10.0. The van der Waals surface area contributed by atoms with E-state index >= 15 is 0 Å². The summed E-state index contributed by atoms with van der Waals surface area (Å²) >= 11 is 0. The van der Waals surface area contributed by atoms with Crippen molar-refractivity contribution in [1.29, 1.82) is 0 Å². The van der Waals surface area contributed by atoms with Crippen LogP contribution in [-0.4, -0.2) is 24.4 Å². The van der Waals surface area contributed by atoms with E-state index in [4.69, 9.17) is 4.74 Å². The van der Waals surface area contributed by atoms with Crippen LogP contribution >= 0.6 is 0 Å². The summed E-state index contributed by atoms with van der Waals surface area (Å²) in [6.07, 6.45) is 4.76. The van der Waals surface area contributed by atoms with Gasteiger partial charge in [0.05, 0.1) is 11.3 Å². The zero-order valence-corrected chi connectivity index (χ0v) is 16.6. The molecule has 29 heavy (non-hydrogen) atoms. The van der Waals surface area contributed by atoms with Gasteiger partial charge in [0.1, 0.15) is 0 Å². The molecule has 1 aliphatic carbocycles.